The van der Waals surface area contributed by atoms with Crippen molar-refractivity contribution < 1.29 is 41.8 Å². The number of halogens is 2. The van der Waals surface area contributed by atoms with Crippen LogP contribution in [-0.4, -0.2) is 42.5 Å². The predicted octanol–water partition coefficient (Wildman–Crippen LogP) is 3.30. The first kappa shape index (κ1) is 21.7. The Labute approximate surface area is 144 Å². The van der Waals surface area contributed by atoms with Crippen LogP contribution in [0.25, 0.3) is 0 Å². The maximum Gasteiger partial charge on any atom is 0.400 e. The Balaban J connectivity index is 3.32. The molecule has 0 aliphatic heterocycles. The molecule has 3 atom stereocenters. The van der Waals surface area contributed by atoms with E-state index in [4.69, 9.17) is 13.8 Å². The Hall–Kier alpha value is -1.31. The lowest BCUT2D eigenvalue weighted by atomic mass is 9.75. The van der Waals surface area contributed by atoms with Crippen molar-refractivity contribution in [2.24, 2.45) is 17.8 Å². The summed E-state index contributed by atoms with van der Waals surface area (Å²) in [7, 11) is -4.94. The van der Waals surface area contributed by atoms with E-state index in [0.717, 1.165) is 6.08 Å². The van der Waals surface area contributed by atoms with Crippen LogP contribution in [0.4, 0.5) is 8.78 Å². The third kappa shape index (κ3) is 4.46. The van der Waals surface area contributed by atoms with Gasteiger partial charge in [0, 0.05) is 0 Å². The van der Waals surface area contributed by atoms with E-state index in [9.17, 15) is 28.0 Å². The molecular formula is C15H23F2O7P. The van der Waals surface area contributed by atoms with Gasteiger partial charge in [-0.05, 0) is 27.2 Å². The summed E-state index contributed by atoms with van der Waals surface area (Å²) in [5.74, 6) is -7.64. The smallest absolute Gasteiger partial charge is 0.400 e. The standard InChI is InChI=1S/C15H23F2O7P/c1-4-22-14(20)10-8-7-9-11(12(10)13(18)19)15(16,17)25(21,23-5-2)24-6-3/h7,9-12H,4-6,8H2,1-3H3,(H,18,19)/t10-,11+,12-/m0/s1. The van der Waals surface area contributed by atoms with Crippen LogP contribution in [-0.2, 0) is 27.9 Å². The Morgan fingerprint density at radius 3 is 2.20 bits per heavy atom. The molecule has 0 aromatic rings. The quantitative estimate of drug-likeness (QED) is 0.370. The monoisotopic (exact) mass is 384 g/mol. The third-order valence-corrected chi connectivity index (χ3v) is 6.02. The summed E-state index contributed by atoms with van der Waals surface area (Å²) in [6.07, 6.45) is 2.16. The number of alkyl halides is 2. The molecule has 0 saturated heterocycles. The van der Waals surface area contributed by atoms with Gasteiger partial charge in [0.2, 0.25) is 0 Å². The highest BCUT2D eigenvalue weighted by atomic mass is 31.2. The Morgan fingerprint density at radius 2 is 1.76 bits per heavy atom. The second-order valence-corrected chi connectivity index (χ2v) is 7.44. The van der Waals surface area contributed by atoms with Crippen LogP contribution in [0.1, 0.15) is 27.2 Å². The number of carbonyl (C=O) groups excluding carboxylic acids is 1. The van der Waals surface area contributed by atoms with Gasteiger partial charge in [0.1, 0.15) is 0 Å². The molecule has 0 fully saturated rings. The third-order valence-electron chi connectivity index (χ3n) is 3.79. The topological polar surface area (TPSA) is 99.1 Å². The van der Waals surface area contributed by atoms with E-state index in [2.05, 4.69) is 0 Å². The SMILES string of the molecule is CCOC(=O)[C@H]1CC=C[C@@H](C(F)(F)P(=O)(OCC)OCC)[C@H]1C(=O)O. The van der Waals surface area contributed by atoms with Crippen molar-refractivity contribution in [3.63, 3.8) is 0 Å². The van der Waals surface area contributed by atoms with Gasteiger partial charge in [-0.1, -0.05) is 12.2 Å². The lowest BCUT2D eigenvalue weighted by Crippen LogP contribution is -2.45. The summed E-state index contributed by atoms with van der Waals surface area (Å²) in [6.45, 7) is 3.65. The maximum absolute atomic E-state index is 15.0. The van der Waals surface area contributed by atoms with E-state index in [-0.39, 0.29) is 26.2 Å². The fourth-order valence-electron chi connectivity index (χ4n) is 2.77. The van der Waals surface area contributed by atoms with E-state index in [0.29, 0.717) is 0 Å². The molecule has 1 N–H and O–H groups in total. The number of carboxylic acids is 1. The van der Waals surface area contributed by atoms with Gasteiger partial charge >= 0.3 is 25.2 Å². The number of carboxylic acid groups (broad SMARTS) is 1. The van der Waals surface area contributed by atoms with Gasteiger partial charge in [0.05, 0.1) is 37.6 Å². The number of allylic oxidation sites excluding steroid dienone is 2. The summed E-state index contributed by atoms with van der Waals surface area (Å²) < 4.78 is 56.7. The molecule has 10 heteroatoms. The summed E-state index contributed by atoms with van der Waals surface area (Å²) in [5, 5.41) is 9.44. The van der Waals surface area contributed by atoms with Crippen molar-refractivity contribution in [3.8, 4) is 0 Å². The highest BCUT2D eigenvalue weighted by molar-refractivity contribution is 7.55. The van der Waals surface area contributed by atoms with Crippen molar-refractivity contribution in [2.75, 3.05) is 19.8 Å². The number of esters is 1. The molecule has 0 aromatic carbocycles. The summed E-state index contributed by atoms with van der Waals surface area (Å²) in [6, 6.07) is 0. The van der Waals surface area contributed by atoms with Crippen molar-refractivity contribution in [1.29, 1.82) is 0 Å². The molecule has 0 spiro atoms. The van der Waals surface area contributed by atoms with Gasteiger partial charge in [-0.2, -0.15) is 8.78 Å². The van der Waals surface area contributed by atoms with E-state index in [1.54, 1.807) is 0 Å². The molecule has 144 valence electrons. The van der Waals surface area contributed by atoms with Crippen LogP contribution in [0.3, 0.4) is 0 Å². The lowest BCUT2D eigenvalue weighted by molar-refractivity contribution is -0.163. The first-order chi connectivity index (χ1) is 11.7. The molecule has 1 aliphatic rings. The minimum Gasteiger partial charge on any atom is -0.481 e. The predicted molar refractivity (Wildman–Crippen MR) is 84.3 cm³/mol. The summed E-state index contributed by atoms with van der Waals surface area (Å²) >= 11 is 0. The second kappa shape index (κ2) is 8.87. The number of rotatable bonds is 9. The van der Waals surface area contributed by atoms with Gasteiger partial charge in [0.15, 0.2) is 0 Å². The fourth-order valence-corrected chi connectivity index (χ4v) is 4.48. The van der Waals surface area contributed by atoms with Gasteiger partial charge < -0.3 is 18.9 Å². The minimum absolute atomic E-state index is 0.0111. The molecule has 0 unspecified atom stereocenters. The molecule has 0 bridgehead atoms. The number of hydrogen-bond acceptors (Lipinski definition) is 6. The highest BCUT2D eigenvalue weighted by Gasteiger charge is 2.63. The normalized spacial score (nSPS) is 24.1. The van der Waals surface area contributed by atoms with Gasteiger partial charge in [-0.25, -0.2) is 0 Å². The molecule has 1 rings (SSSR count). The van der Waals surface area contributed by atoms with Crippen molar-refractivity contribution >= 4 is 19.5 Å². The van der Waals surface area contributed by atoms with E-state index in [1.165, 1.54) is 26.8 Å². The average Bonchev–Trinajstić information content (AvgIpc) is 2.54. The number of ether oxygens (including phenoxy) is 1. The highest BCUT2D eigenvalue weighted by Crippen LogP contribution is 2.66. The molecule has 0 heterocycles. The minimum atomic E-state index is -4.94. The Morgan fingerprint density at radius 1 is 1.20 bits per heavy atom. The fraction of sp³-hybridized carbons (Fsp3) is 0.733. The van der Waals surface area contributed by atoms with Crippen molar-refractivity contribution in [1.82, 2.24) is 0 Å². The molecule has 0 amide bonds. The zero-order valence-corrected chi connectivity index (χ0v) is 15.2. The van der Waals surface area contributed by atoms with Crippen LogP contribution in [0.5, 0.6) is 0 Å². The molecule has 0 aromatic heterocycles. The van der Waals surface area contributed by atoms with E-state index >= 15 is 0 Å². The van der Waals surface area contributed by atoms with Gasteiger partial charge in [-0.3, -0.25) is 14.2 Å². The largest absolute Gasteiger partial charge is 0.481 e. The van der Waals surface area contributed by atoms with E-state index < -0.39 is 43.0 Å². The average molecular weight is 384 g/mol. The maximum atomic E-state index is 15.0. The molecule has 0 radical (unpaired) electrons. The van der Waals surface area contributed by atoms with Crippen LogP contribution >= 0.6 is 7.60 Å². The first-order valence-corrected chi connectivity index (χ1v) is 9.53. The van der Waals surface area contributed by atoms with Crippen molar-refractivity contribution in [3.05, 3.63) is 12.2 Å². The molecule has 7 nitrogen and oxygen atoms in total. The number of carbonyl (C=O) groups is 2. The Bertz CT molecular complexity index is 554. The molecule has 25 heavy (non-hydrogen) atoms. The van der Waals surface area contributed by atoms with Gasteiger partial charge in [0.25, 0.3) is 0 Å². The first-order valence-electron chi connectivity index (χ1n) is 7.99. The van der Waals surface area contributed by atoms with Crippen LogP contribution in [0, 0.1) is 17.8 Å². The number of aliphatic carboxylic acids is 1. The summed E-state index contributed by atoms with van der Waals surface area (Å²) in [5.41, 5.74) is -4.12. The van der Waals surface area contributed by atoms with Crippen molar-refractivity contribution in [2.45, 2.75) is 32.9 Å². The zero-order valence-electron chi connectivity index (χ0n) is 14.3. The van der Waals surface area contributed by atoms with Crippen LogP contribution in [0.2, 0.25) is 0 Å². The zero-order chi connectivity index (χ0) is 19.3. The molecule has 1 aliphatic carbocycles. The second-order valence-electron chi connectivity index (χ2n) is 5.33. The van der Waals surface area contributed by atoms with E-state index in [1.807, 2.05) is 0 Å². The Kier molecular flexibility index (Phi) is 7.71. The molecular weight excluding hydrogens is 361 g/mol. The van der Waals surface area contributed by atoms with Crippen LogP contribution < -0.4 is 0 Å². The number of hydrogen-bond donors (Lipinski definition) is 1. The van der Waals surface area contributed by atoms with Crippen LogP contribution in [0.15, 0.2) is 12.2 Å². The molecule has 0 saturated carbocycles. The summed E-state index contributed by atoms with van der Waals surface area (Å²) in [4.78, 5) is 23.6. The lowest BCUT2D eigenvalue weighted by Gasteiger charge is -2.37. The van der Waals surface area contributed by atoms with Gasteiger partial charge in [-0.15, -0.1) is 0 Å².